The first-order valence-corrected chi connectivity index (χ1v) is 24.7. The largest absolute Gasteiger partial charge is 0.0981 e. The Morgan fingerprint density at radius 3 is 0.500 bits per heavy atom. The van der Waals surface area contributed by atoms with Gasteiger partial charge >= 0.3 is 0 Å². The molecule has 0 aromatic rings. The first kappa shape index (κ1) is 39.7. The van der Waals surface area contributed by atoms with E-state index in [4.69, 9.17) is 0 Å². The molecule has 0 amide bonds. The molecule has 4 heteroatoms. The van der Waals surface area contributed by atoms with Gasteiger partial charge in [-0.2, -0.15) is 0 Å². The van der Waals surface area contributed by atoms with E-state index in [-0.39, 0.29) is 31.7 Å². The van der Waals surface area contributed by atoms with Crippen molar-refractivity contribution in [2.75, 3.05) is 49.3 Å². The summed E-state index contributed by atoms with van der Waals surface area (Å²) in [6, 6.07) is 0. The summed E-state index contributed by atoms with van der Waals surface area (Å²) in [7, 11) is 0.755. The van der Waals surface area contributed by atoms with E-state index >= 15 is 0 Å². The first-order chi connectivity index (χ1) is 18.6. The van der Waals surface area contributed by atoms with Crippen LogP contribution in [0, 0.1) is 0 Å². The summed E-state index contributed by atoms with van der Waals surface area (Å²) < 4.78 is 0. The molecule has 0 saturated carbocycles. The van der Waals surface area contributed by atoms with E-state index in [0.29, 0.717) is 0 Å². The van der Waals surface area contributed by atoms with Crippen molar-refractivity contribution in [3.8, 4) is 0 Å². The highest BCUT2D eigenvalue weighted by Crippen LogP contribution is 2.73. The Labute approximate surface area is 249 Å². The molecule has 0 aliphatic rings. The number of hydrogen-bond acceptors (Lipinski definition) is 0. The zero-order valence-corrected chi connectivity index (χ0v) is 31.5. The average molecular weight is 607 g/mol. The summed E-state index contributed by atoms with van der Waals surface area (Å²) in [5.41, 5.74) is 0. The molecule has 0 saturated heterocycles. The fourth-order valence-corrected chi connectivity index (χ4v) is 26.9. The quantitative estimate of drug-likeness (QED) is 0.0743. The van der Waals surface area contributed by atoms with Crippen molar-refractivity contribution in [2.45, 2.75) is 169 Å². The lowest BCUT2D eigenvalue weighted by Crippen LogP contribution is -2.28. The molecule has 0 aromatic heterocycles. The Hall–Kier alpha value is 1.72. The second kappa shape index (κ2) is 28.8. The third-order valence-electron chi connectivity index (χ3n) is 8.15. The lowest BCUT2D eigenvalue weighted by atomic mass is 10.4. The molecule has 0 atom stereocenters. The lowest BCUT2D eigenvalue weighted by Gasteiger charge is -2.48. The van der Waals surface area contributed by atoms with Gasteiger partial charge in [0.2, 0.25) is 0 Å². The van der Waals surface area contributed by atoms with Crippen LogP contribution in [0.4, 0.5) is 0 Å². The molecule has 0 aliphatic heterocycles. The summed E-state index contributed by atoms with van der Waals surface area (Å²) in [4.78, 5) is 0. The highest BCUT2D eigenvalue weighted by atomic mass is 31.2. The molecule has 0 spiro atoms. The van der Waals surface area contributed by atoms with Crippen LogP contribution in [0.5, 0.6) is 0 Å². The minimum Gasteiger partial charge on any atom is -0.0981 e. The highest BCUT2D eigenvalue weighted by Gasteiger charge is 2.41. The molecule has 0 bridgehead atoms. The van der Waals surface area contributed by atoms with E-state index in [1.54, 1.807) is 49.3 Å². The number of unbranched alkanes of at least 4 members (excludes halogenated alkanes) is 8. The second-order valence-corrected chi connectivity index (χ2v) is 23.1. The lowest BCUT2D eigenvalue weighted by molar-refractivity contribution is 0.842. The summed E-state index contributed by atoms with van der Waals surface area (Å²) in [5, 5.41) is 2.33. The summed E-state index contributed by atoms with van der Waals surface area (Å²) in [6.45, 7) is 19.7. The molecular weight excluding hydrogens is 532 g/mol. The van der Waals surface area contributed by atoms with Gasteiger partial charge in [0.05, 0.1) is 0 Å². The summed E-state index contributed by atoms with van der Waals surface area (Å²) in [5.74, 6) is 0. The van der Waals surface area contributed by atoms with Crippen LogP contribution in [0.2, 0.25) is 0 Å². The summed E-state index contributed by atoms with van der Waals surface area (Å²) in [6.07, 6.45) is 36.2. The van der Waals surface area contributed by atoms with Gasteiger partial charge in [-0.25, -0.2) is 0 Å². The molecule has 0 fully saturated rings. The Morgan fingerprint density at radius 2 is 0.395 bits per heavy atom. The molecule has 0 aliphatic carbocycles. The molecule has 0 N–H and O–H groups in total. The minimum absolute atomic E-state index is 0.189. The standard InChI is InChI=1S/C34H74P4/c1-9-17-25-35(26-18-10-2)33(36(27-19-11-3)28-20-12-4)34(37(29-21-13-5)30-22-14-6)38(31-23-15-7)32-24-16-8/h33-34H,9-32H2,1-8H3. The van der Waals surface area contributed by atoms with Crippen molar-refractivity contribution < 1.29 is 0 Å². The van der Waals surface area contributed by atoms with Crippen LogP contribution in [0.15, 0.2) is 0 Å². The third-order valence-corrected chi connectivity index (χ3v) is 24.3. The van der Waals surface area contributed by atoms with Crippen LogP contribution < -0.4 is 0 Å². The molecule has 0 heterocycles. The zero-order chi connectivity index (χ0) is 28.4. The van der Waals surface area contributed by atoms with E-state index in [0.717, 1.165) is 10.8 Å². The molecule has 38 heavy (non-hydrogen) atoms. The van der Waals surface area contributed by atoms with Crippen molar-refractivity contribution in [2.24, 2.45) is 0 Å². The van der Waals surface area contributed by atoms with Crippen molar-refractivity contribution in [3.63, 3.8) is 0 Å². The van der Waals surface area contributed by atoms with E-state index in [1.165, 1.54) is 103 Å². The van der Waals surface area contributed by atoms with Crippen LogP contribution in [0.3, 0.4) is 0 Å². The van der Waals surface area contributed by atoms with Gasteiger partial charge in [0, 0.05) is 10.8 Å². The van der Waals surface area contributed by atoms with Gasteiger partial charge in [-0.1, -0.05) is 138 Å². The van der Waals surface area contributed by atoms with Crippen LogP contribution in [-0.4, -0.2) is 60.1 Å². The van der Waals surface area contributed by atoms with E-state index in [2.05, 4.69) is 55.4 Å². The zero-order valence-electron chi connectivity index (χ0n) is 27.9. The van der Waals surface area contributed by atoms with Crippen LogP contribution >= 0.6 is 31.7 Å². The van der Waals surface area contributed by atoms with Crippen molar-refractivity contribution in [1.29, 1.82) is 0 Å². The van der Waals surface area contributed by atoms with E-state index in [9.17, 15) is 0 Å². The minimum atomic E-state index is 0.189. The monoisotopic (exact) mass is 606 g/mol. The van der Waals surface area contributed by atoms with Crippen molar-refractivity contribution in [3.05, 3.63) is 0 Å². The van der Waals surface area contributed by atoms with Crippen LogP contribution in [0.25, 0.3) is 0 Å². The third kappa shape index (κ3) is 17.6. The maximum absolute atomic E-state index is 2.46. The second-order valence-electron chi connectivity index (χ2n) is 11.8. The van der Waals surface area contributed by atoms with E-state index in [1.807, 2.05) is 0 Å². The predicted molar refractivity (Wildman–Crippen MR) is 193 cm³/mol. The first-order valence-electron chi connectivity index (χ1n) is 17.6. The Kier molecular flexibility index (Phi) is 30.1. The van der Waals surface area contributed by atoms with Crippen molar-refractivity contribution in [1.82, 2.24) is 0 Å². The molecule has 230 valence electrons. The smallest absolute Gasteiger partial charge is 0.0101 e. The van der Waals surface area contributed by atoms with Crippen LogP contribution in [-0.2, 0) is 0 Å². The van der Waals surface area contributed by atoms with E-state index < -0.39 is 0 Å². The summed E-state index contributed by atoms with van der Waals surface area (Å²) >= 11 is 0. The van der Waals surface area contributed by atoms with Crippen LogP contribution in [0.1, 0.15) is 158 Å². The maximum atomic E-state index is 2.46. The van der Waals surface area contributed by atoms with Gasteiger partial charge in [-0.3, -0.25) is 0 Å². The Bertz CT molecular complexity index is 357. The molecule has 0 unspecified atom stereocenters. The highest BCUT2D eigenvalue weighted by molar-refractivity contribution is 7.83. The Morgan fingerprint density at radius 1 is 0.263 bits per heavy atom. The number of hydrogen-bond donors (Lipinski definition) is 0. The van der Waals surface area contributed by atoms with Crippen molar-refractivity contribution >= 4 is 31.7 Å². The molecule has 0 radical (unpaired) electrons. The Balaban J connectivity index is 6.89. The topological polar surface area (TPSA) is 0 Å². The number of rotatable bonds is 29. The molecular formula is C34H74P4. The fourth-order valence-electron chi connectivity index (χ4n) is 5.61. The maximum Gasteiger partial charge on any atom is 0.0101 e. The molecule has 0 aromatic carbocycles. The van der Waals surface area contributed by atoms with Gasteiger partial charge in [-0.15, -0.1) is 0 Å². The van der Waals surface area contributed by atoms with Gasteiger partial charge < -0.3 is 0 Å². The van der Waals surface area contributed by atoms with Gasteiger partial charge in [0.1, 0.15) is 0 Å². The van der Waals surface area contributed by atoms with Gasteiger partial charge in [0.25, 0.3) is 0 Å². The molecule has 0 nitrogen and oxygen atoms in total. The SMILES string of the molecule is CCCCP(CCCC)C(C(P(CCCC)CCCC)P(CCCC)CCCC)P(CCCC)CCCC. The normalized spacial score (nSPS) is 12.5. The van der Waals surface area contributed by atoms with Gasteiger partial charge in [0.15, 0.2) is 0 Å². The van der Waals surface area contributed by atoms with Gasteiger partial charge in [-0.05, 0) is 101 Å². The molecule has 0 rings (SSSR count). The fraction of sp³-hybridized carbons (Fsp3) is 1.00. The average Bonchev–Trinajstić information content (AvgIpc) is 2.93. The predicted octanol–water partition coefficient (Wildman–Crippen LogP) is 14.0.